The Labute approximate surface area is 170 Å². The number of aromatic carboxylic acids is 1. The molecule has 8 heteroatoms. The van der Waals surface area contributed by atoms with Gasteiger partial charge in [-0.1, -0.05) is 30.3 Å². The lowest BCUT2D eigenvalue weighted by Gasteiger charge is -2.34. The van der Waals surface area contributed by atoms with Gasteiger partial charge in [-0.25, -0.2) is 4.79 Å². The zero-order valence-corrected chi connectivity index (χ0v) is 17.2. The minimum Gasteiger partial charge on any atom is -0.497 e. The third kappa shape index (κ3) is 5.67. The van der Waals surface area contributed by atoms with Crippen molar-refractivity contribution in [2.45, 2.75) is 30.6 Å². The summed E-state index contributed by atoms with van der Waals surface area (Å²) in [5.74, 6) is -0.212. The van der Waals surface area contributed by atoms with Gasteiger partial charge in [-0.05, 0) is 42.2 Å². The molecular formula is C21H26NO6P. The second kappa shape index (κ2) is 10.0. The Morgan fingerprint density at radius 3 is 2.59 bits per heavy atom. The molecule has 0 aromatic heterocycles. The Hall–Kier alpha value is -2.18. The molecule has 0 radical (unpaired) electrons. The van der Waals surface area contributed by atoms with E-state index in [-0.39, 0.29) is 17.7 Å². The summed E-state index contributed by atoms with van der Waals surface area (Å²) in [5.41, 5.74) is 1.48. The molecule has 1 aliphatic rings. The number of morpholine rings is 1. The van der Waals surface area contributed by atoms with Crippen LogP contribution in [0.2, 0.25) is 0 Å². The minimum absolute atomic E-state index is 0.0468. The summed E-state index contributed by atoms with van der Waals surface area (Å²) in [6, 6.07) is 14.3. The number of rotatable bonds is 8. The highest BCUT2D eigenvalue weighted by molar-refractivity contribution is 7.39. The van der Waals surface area contributed by atoms with E-state index in [1.807, 2.05) is 30.3 Å². The Balaban J connectivity index is 1.60. The second-order valence-corrected chi connectivity index (χ2v) is 8.56. The van der Waals surface area contributed by atoms with Crippen molar-refractivity contribution in [1.82, 2.24) is 5.32 Å². The molecular weight excluding hydrogens is 393 g/mol. The van der Waals surface area contributed by atoms with Crippen molar-refractivity contribution < 1.29 is 28.8 Å². The van der Waals surface area contributed by atoms with E-state index in [1.165, 1.54) is 0 Å². The van der Waals surface area contributed by atoms with Crippen LogP contribution in [-0.4, -0.2) is 54.0 Å². The van der Waals surface area contributed by atoms with Gasteiger partial charge in [0.15, 0.2) is 8.03 Å². The maximum Gasteiger partial charge on any atom is 0.335 e. The summed E-state index contributed by atoms with van der Waals surface area (Å²) in [5, 5.41) is 12.7. The molecule has 2 aromatic rings. The Morgan fingerprint density at radius 2 is 2.00 bits per heavy atom. The number of methoxy groups -OCH3 is 1. The zero-order chi connectivity index (χ0) is 20.8. The van der Waals surface area contributed by atoms with Crippen LogP contribution >= 0.6 is 8.03 Å². The molecule has 3 rings (SSSR count). The molecule has 29 heavy (non-hydrogen) atoms. The normalized spacial score (nSPS) is 21.3. The van der Waals surface area contributed by atoms with Crippen molar-refractivity contribution in [3.05, 3.63) is 65.2 Å². The highest BCUT2D eigenvalue weighted by Crippen LogP contribution is 2.32. The second-order valence-electron chi connectivity index (χ2n) is 7.14. The number of carbonyl (C=O) groups is 1. The molecule has 1 saturated heterocycles. The van der Waals surface area contributed by atoms with Crippen molar-refractivity contribution in [3.8, 4) is 5.75 Å². The maximum absolute atomic E-state index is 12.0. The van der Waals surface area contributed by atoms with E-state index in [9.17, 15) is 19.4 Å². The van der Waals surface area contributed by atoms with Gasteiger partial charge in [0.25, 0.3) is 0 Å². The Kier molecular flexibility index (Phi) is 7.45. The maximum atomic E-state index is 12.0. The van der Waals surface area contributed by atoms with Crippen LogP contribution < -0.4 is 10.1 Å². The SMILES string of the molecule is COc1ccc(CC([C@H]2CN[C@H](Cc3ccccc3C(=O)O)CO2)[PH](=O)O)cc1. The topological polar surface area (TPSA) is 105 Å². The number of nitrogens with one attached hydrogen (secondary N) is 1. The molecule has 2 unspecified atom stereocenters. The molecule has 7 nitrogen and oxygen atoms in total. The highest BCUT2D eigenvalue weighted by atomic mass is 31.1. The van der Waals surface area contributed by atoms with E-state index in [0.29, 0.717) is 26.0 Å². The smallest absolute Gasteiger partial charge is 0.335 e. The third-order valence-electron chi connectivity index (χ3n) is 5.21. The van der Waals surface area contributed by atoms with Gasteiger partial charge in [0.1, 0.15) is 5.75 Å². The molecule has 3 N–H and O–H groups in total. The fourth-order valence-corrected chi connectivity index (χ4v) is 4.54. The van der Waals surface area contributed by atoms with Crippen LogP contribution in [-0.2, 0) is 22.1 Å². The Morgan fingerprint density at radius 1 is 1.28 bits per heavy atom. The molecule has 2 aromatic carbocycles. The summed E-state index contributed by atoms with van der Waals surface area (Å²) in [4.78, 5) is 21.2. The van der Waals surface area contributed by atoms with Crippen molar-refractivity contribution in [1.29, 1.82) is 0 Å². The standard InChI is InChI=1S/C21H26NO6P/c1-27-17-8-6-14(7-9-17)10-20(29(25)26)19-12-22-16(13-28-19)11-15-4-2-3-5-18(15)21(23)24/h2-9,16,19-20,22,29H,10-13H2,1H3,(H,23,24)(H,25,26)/t16-,19-,20?/m1/s1. The predicted molar refractivity (Wildman–Crippen MR) is 110 cm³/mol. The number of benzene rings is 2. The van der Waals surface area contributed by atoms with Gasteiger partial charge in [0.05, 0.1) is 31.0 Å². The highest BCUT2D eigenvalue weighted by Gasteiger charge is 2.31. The predicted octanol–water partition coefficient (Wildman–Crippen LogP) is 2.37. The van der Waals surface area contributed by atoms with Crippen LogP contribution in [0.3, 0.4) is 0 Å². The molecule has 4 atom stereocenters. The molecule has 0 spiro atoms. The van der Waals surface area contributed by atoms with E-state index >= 15 is 0 Å². The van der Waals surface area contributed by atoms with Crippen LogP contribution in [0.4, 0.5) is 0 Å². The summed E-state index contributed by atoms with van der Waals surface area (Å²) >= 11 is 0. The molecule has 1 aliphatic heterocycles. The quantitative estimate of drug-likeness (QED) is 0.564. The van der Waals surface area contributed by atoms with Gasteiger partial charge < -0.3 is 24.8 Å². The average molecular weight is 419 g/mol. The van der Waals surface area contributed by atoms with E-state index in [2.05, 4.69) is 5.32 Å². The van der Waals surface area contributed by atoms with E-state index in [4.69, 9.17) is 9.47 Å². The van der Waals surface area contributed by atoms with Crippen LogP contribution in [0.1, 0.15) is 21.5 Å². The number of carboxylic acids is 1. The van der Waals surface area contributed by atoms with Crippen LogP contribution in [0.15, 0.2) is 48.5 Å². The zero-order valence-electron chi connectivity index (χ0n) is 16.2. The molecule has 0 saturated carbocycles. The lowest BCUT2D eigenvalue weighted by atomic mass is 9.99. The van der Waals surface area contributed by atoms with Crippen LogP contribution in [0.5, 0.6) is 5.75 Å². The Bertz CT molecular complexity index is 849. The van der Waals surface area contributed by atoms with Gasteiger partial charge in [0.2, 0.25) is 0 Å². The number of hydrogen-bond acceptors (Lipinski definition) is 5. The van der Waals surface area contributed by atoms with Gasteiger partial charge in [-0.2, -0.15) is 0 Å². The van der Waals surface area contributed by atoms with Crippen LogP contribution in [0, 0.1) is 0 Å². The number of ether oxygens (including phenoxy) is 2. The monoisotopic (exact) mass is 419 g/mol. The van der Waals surface area contributed by atoms with Crippen LogP contribution in [0.25, 0.3) is 0 Å². The van der Waals surface area contributed by atoms with Gasteiger partial charge in [-0.3, -0.25) is 4.57 Å². The first-order valence-electron chi connectivity index (χ1n) is 9.50. The van der Waals surface area contributed by atoms with E-state index in [0.717, 1.165) is 16.9 Å². The molecule has 156 valence electrons. The lowest BCUT2D eigenvalue weighted by molar-refractivity contribution is 0.00130. The summed E-state index contributed by atoms with van der Waals surface area (Å²) in [7, 11) is -1.21. The summed E-state index contributed by atoms with van der Waals surface area (Å²) in [6.45, 7) is 0.796. The van der Waals surface area contributed by atoms with E-state index < -0.39 is 19.7 Å². The molecule has 1 heterocycles. The van der Waals surface area contributed by atoms with Crippen molar-refractivity contribution in [2.24, 2.45) is 0 Å². The van der Waals surface area contributed by atoms with Gasteiger partial charge in [-0.15, -0.1) is 0 Å². The first-order chi connectivity index (χ1) is 14.0. The van der Waals surface area contributed by atoms with Crippen molar-refractivity contribution in [3.63, 3.8) is 0 Å². The van der Waals surface area contributed by atoms with E-state index in [1.54, 1.807) is 25.3 Å². The summed E-state index contributed by atoms with van der Waals surface area (Å²) < 4.78 is 23.1. The van der Waals surface area contributed by atoms with Gasteiger partial charge >= 0.3 is 5.97 Å². The molecule has 0 bridgehead atoms. The fourth-order valence-electron chi connectivity index (χ4n) is 3.60. The third-order valence-corrected chi connectivity index (χ3v) is 6.42. The minimum atomic E-state index is -2.80. The largest absolute Gasteiger partial charge is 0.497 e. The number of carboxylic acid groups (broad SMARTS) is 1. The number of hydrogen-bond donors (Lipinski definition) is 3. The molecule has 0 aliphatic carbocycles. The lowest BCUT2D eigenvalue weighted by Crippen LogP contribution is -2.51. The first kappa shape index (κ1) is 21.5. The molecule has 0 amide bonds. The average Bonchev–Trinajstić information content (AvgIpc) is 2.73. The van der Waals surface area contributed by atoms with Crippen molar-refractivity contribution in [2.75, 3.05) is 20.3 Å². The summed E-state index contributed by atoms with van der Waals surface area (Å²) in [6.07, 6.45) is 0.587. The molecule has 1 fully saturated rings. The fraction of sp³-hybridized carbons (Fsp3) is 0.381. The first-order valence-corrected chi connectivity index (χ1v) is 10.9. The van der Waals surface area contributed by atoms with Gasteiger partial charge in [0, 0.05) is 12.6 Å². The van der Waals surface area contributed by atoms with Crippen molar-refractivity contribution >= 4 is 14.0 Å².